The molecular weight excluding hydrogens is 324 g/mol. The summed E-state index contributed by atoms with van der Waals surface area (Å²) in [5.41, 5.74) is 6.78. The Morgan fingerprint density at radius 2 is 1.85 bits per heavy atom. The van der Waals surface area contributed by atoms with Gasteiger partial charge in [0.1, 0.15) is 11.5 Å². The molecule has 0 spiro atoms. The molecule has 2 aromatic carbocycles. The first-order chi connectivity index (χ1) is 9.47. The molecule has 0 radical (unpaired) electrons. The fraction of sp³-hybridized carbons (Fsp3) is 0.0714. The molecule has 104 valence electrons. The summed E-state index contributed by atoms with van der Waals surface area (Å²) >= 11 is 3.23. The lowest BCUT2D eigenvalue weighted by Crippen LogP contribution is -2.23. The number of carbonyl (C=O) groups excluding carboxylic acids is 1. The molecule has 0 bridgehead atoms. The van der Waals surface area contributed by atoms with Gasteiger partial charge in [0.15, 0.2) is 0 Å². The lowest BCUT2D eigenvalue weighted by molar-refractivity contribution is 0.0948. The van der Waals surface area contributed by atoms with E-state index < -0.39 is 5.91 Å². The zero-order valence-electron chi connectivity index (χ0n) is 10.4. The van der Waals surface area contributed by atoms with E-state index in [1.807, 2.05) is 0 Å². The Balaban J connectivity index is 2.12. The molecule has 0 aliphatic rings. The van der Waals surface area contributed by atoms with Crippen LogP contribution in [0.1, 0.15) is 15.9 Å². The van der Waals surface area contributed by atoms with E-state index in [1.54, 1.807) is 18.2 Å². The second-order valence-electron chi connectivity index (χ2n) is 4.23. The minimum absolute atomic E-state index is 0.0537. The van der Waals surface area contributed by atoms with Gasteiger partial charge in [0.25, 0.3) is 5.91 Å². The summed E-state index contributed by atoms with van der Waals surface area (Å²) in [4.78, 5) is 12.0. The number of hydrogen-bond acceptors (Lipinski definition) is 4. The van der Waals surface area contributed by atoms with Crippen molar-refractivity contribution in [2.75, 3.05) is 5.73 Å². The Labute approximate surface area is 124 Å². The summed E-state index contributed by atoms with van der Waals surface area (Å²) in [7, 11) is 0. The SMILES string of the molecule is Nc1ccc(O)c(CNC(=O)c2cc(Br)ccc2O)c1. The molecule has 0 saturated heterocycles. The van der Waals surface area contributed by atoms with Crippen LogP contribution in [-0.4, -0.2) is 16.1 Å². The lowest BCUT2D eigenvalue weighted by atomic mass is 10.1. The van der Waals surface area contributed by atoms with E-state index in [1.165, 1.54) is 18.2 Å². The number of rotatable bonds is 3. The van der Waals surface area contributed by atoms with Crippen LogP contribution in [0, 0.1) is 0 Å². The molecule has 2 rings (SSSR count). The Morgan fingerprint density at radius 1 is 1.15 bits per heavy atom. The van der Waals surface area contributed by atoms with Crippen LogP contribution in [0.5, 0.6) is 11.5 Å². The zero-order chi connectivity index (χ0) is 14.7. The summed E-state index contributed by atoms with van der Waals surface area (Å²) in [6, 6.07) is 9.20. The second-order valence-corrected chi connectivity index (χ2v) is 5.15. The van der Waals surface area contributed by atoms with Crippen LogP contribution < -0.4 is 11.1 Å². The highest BCUT2D eigenvalue weighted by atomic mass is 79.9. The van der Waals surface area contributed by atoms with E-state index in [2.05, 4.69) is 21.2 Å². The molecule has 20 heavy (non-hydrogen) atoms. The summed E-state index contributed by atoms with van der Waals surface area (Å²) in [6.45, 7) is 0.113. The molecule has 6 heteroatoms. The summed E-state index contributed by atoms with van der Waals surface area (Å²) in [5, 5.41) is 21.9. The van der Waals surface area contributed by atoms with E-state index in [4.69, 9.17) is 5.73 Å². The van der Waals surface area contributed by atoms with E-state index >= 15 is 0 Å². The van der Waals surface area contributed by atoms with Crippen molar-refractivity contribution in [1.29, 1.82) is 0 Å². The van der Waals surface area contributed by atoms with Crippen molar-refractivity contribution in [3.63, 3.8) is 0 Å². The number of phenolic OH excluding ortho intramolecular Hbond substituents is 2. The molecule has 5 N–H and O–H groups in total. The van der Waals surface area contributed by atoms with Crippen LogP contribution in [0.4, 0.5) is 5.69 Å². The van der Waals surface area contributed by atoms with Crippen molar-refractivity contribution >= 4 is 27.5 Å². The topological polar surface area (TPSA) is 95.6 Å². The van der Waals surface area contributed by atoms with Gasteiger partial charge in [-0.05, 0) is 36.4 Å². The van der Waals surface area contributed by atoms with Gasteiger partial charge < -0.3 is 21.3 Å². The second kappa shape index (κ2) is 5.83. The Hall–Kier alpha value is -2.21. The third-order valence-electron chi connectivity index (χ3n) is 2.75. The number of halogens is 1. The minimum atomic E-state index is -0.439. The van der Waals surface area contributed by atoms with Gasteiger partial charge in [-0.3, -0.25) is 4.79 Å². The number of anilines is 1. The Kier molecular flexibility index (Phi) is 4.14. The van der Waals surface area contributed by atoms with E-state index in [9.17, 15) is 15.0 Å². The molecule has 0 unspecified atom stereocenters. The summed E-state index contributed by atoms with van der Waals surface area (Å²) in [6.07, 6.45) is 0. The summed E-state index contributed by atoms with van der Waals surface area (Å²) < 4.78 is 0.687. The van der Waals surface area contributed by atoms with Gasteiger partial charge in [-0.2, -0.15) is 0 Å². The van der Waals surface area contributed by atoms with Crippen LogP contribution in [0.25, 0.3) is 0 Å². The standard InChI is InChI=1S/C14H13BrN2O3/c15-9-1-3-13(19)11(6-9)14(20)17-7-8-5-10(16)2-4-12(8)18/h1-6,18-19H,7,16H2,(H,17,20). The molecule has 0 fully saturated rings. The van der Waals surface area contributed by atoms with E-state index in [-0.39, 0.29) is 23.6 Å². The van der Waals surface area contributed by atoms with Gasteiger partial charge in [-0.25, -0.2) is 0 Å². The number of carbonyl (C=O) groups is 1. The monoisotopic (exact) mass is 336 g/mol. The average molecular weight is 337 g/mol. The number of phenols is 2. The minimum Gasteiger partial charge on any atom is -0.508 e. The number of nitrogens with two attached hydrogens (primary N) is 1. The van der Waals surface area contributed by atoms with Crippen molar-refractivity contribution in [1.82, 2.24) is 5.32 Å². The maximum absolute atomic E-state index is 12.0. The largest absolute Gasteiger partial charge is 0.508 e. The van der Waals surface area contributed by atoms with Crippen LogP contribution in [0.15, 0.2) is 40.9 Å². The molecule has 0 aliphatic carbocycles. The third kappa shape index (κ3) is 3.21. The first-order valence-corrected chi connectivity index (χ1v) is 6.61. The number of nitrogens with one attached hydrogen (secondary N) is 1. The molecule has 2 aromatic rings. The molecular formula is C14H13BrN2O3. The van der Waals surface area contributed by atoms with Crippen molar-refractivity contribution in [2.24, 2.45) is 0 Å². The lowest BCUT2D eigenvalue weighted by Gasteiger charge is -2.09. The maximum Gasteiger partial charge on any atom is 0.255 e. The zero-order valence-corrected chi connectivity index (χ0v) is 12.0. The molecule has 5 nitrogen and oxygen atoms in total. The van der Waals surface area contributed by atoms with Gasteiger partial charge in [-0.15, -0.1) is 0 Å². The number of aromatic hydroxyl groups is 2. The summed E-state index contributed by atoms with van der Waals surface area (Å²) in [5.74, 6) is -0.494. The third-order valence-corrected chi connectivity index (χ3v) is 3.24. The van der Waals surface area contributed by atoms with Gasteiger partial charge >= 0.3 is 0 Å². The Bertz CT molecular complexity index is 659. The van der Waals surface area contributed by atoms with Gasteiger partial charge in [-0.1, -0.05) is 15.9 Å². The number of benzene rings is 2. The normalized spacial score (nSPS) is 10.2. The molecule has 0 saturated carbocycles. The Morgan fingerprint density at radius 3 is 2.60 bits per heavy atom. The molecule has 1 amide bonds. The molecule has 0 atom stereocenters. The van der Waals surface area contributed by atoms with Gasteiger partial charge in [0.05, 0.1) is 5.56 Å². The molecule has 0 aromatic heterocycles. The number of nitrogen functional groups attached to an aromatic ring is 1. The average Bonchev–Trinajstić information content (AvgIpc) is 2.42. The number of hydrogen-bond donors (Lipinski definition) is 4. The first-order valence-electron chi connectivity index (χ1n) is 5.81. The van der Waals surface area contributed by atoms with E-state index in [0.29, 0.717) is 15.7 Å². The van der Waals surface area contributed by atoms with Crippen LogP contribution >= 0.6 is 15.9 Å². The highest BCUT2D eigenvalue weighted by molar-refractivity contribution is 9.10. The van der Waals surface area contributed by atoms with Gasteiger partial charge in [0, 0.05) is 22.3 Å². The fourth-order valence-corrected chi connectivity index (χ4v) is 2.07. The van der Waals surface area contributed by atoms with Crippen molar-refractivity contribution < 1.29 is 15.0 Å². The predicted octanol–water partition coefficient (Wildman–Crippen LogP) is 2.37. The van der Waals surface area contributed by atoms with Crippen LogP contribution in [-0.2, 0) is 6.54 Å². The highest BCUT2D eigenvalue weighted by Crippen LogP contribution is 2.23. The van der Waals surface area contributed by atoms with E-state index in [0.717, 1.165) is 0 Å². The maximum atomic E-state index is 12.0. The molecule has 0 aliphatic heterocycles. The fourth-order valence-electron chi connectivity index (χ4n) is 1.71. The smallest absolute Gasteiger partial charge is 0.255 e. The molecule has 0 heterocycles. The van der Waals surface area contributed by atoms with Crippen LogP contribution in [0.3, 0.4) is 0 Å². The first kappa shape index (κ1) is 14.2. The van der Waals surface area contributed by atoms with Crippen molar-refractivity contribution in [3.05, 3.63) is 52.0 Å². The predicted molar refractivity (Wildman–Crippen MR) is 79.5 cm³/mol. The van der Waals surface area contributed by atoms with Gasteiger partial charge in [0.2, 0.25) is 0 Å². The highest BCUT2D eigenvalue weighted by Gasteiger charge is 2.12. The number of amides is 1. The quantitative estimate of drug-likeness (QED) is 0.511. The van der Waals surface area contributed by atoms with Crippen LogP contribution in [0.2, 0.25) is 0 Å². The van der Waals surface area contributed by atoms with Crippen molar-refractivity contribution in [2.45, 2.75) is 6.54 Å². The van der Waals surface area contributed by atoms with Crippen molar-refractivity contribution in [3.8, 4) is 11.5 Å².